The van der Waals surface area contributed by atoms with Crippen molar-refractivity contribution in [1.82, 2.24) is 34.4 Å². The number of piperazine rings is 1. The molecule has 2 fully saturated rings. The van der Waals surface area contributed by atoms with Crippen molar-refractivity contribution in [2.24, 2.45) is 7.05 Å². The molecule has 2 aliphatic heterocycles. The van der Waals surface area contributed by atoms with E-state index in [1.807, 2.05) is 50.9 Å². The van der Waals surface area contributed by atoms with Crippen LogP contribution in [0.2, 0.25) is 0 Å². The maximum Gasteiger partial charge on any atom is 0.416 e. The molecular formula is C37H47F3N10O3. The highest BCUT2D eigenvalue weighted by molar-refractivity contribution is 5.99. The summed E-state index contributed by atoms with van der Waals surface area (Å²) in [6, 6.07) is 10.3. The van der Waals surface area contributed by atoms with Gasteiger partial charge in [-0.15, -0.1) is 0 Å². The Kier molecular flexibility index (Phi) is 10.8. The molecule has 0 bridgehead atoms. The second kappa shape index (κ2) is 15.2. The molecule has 1 unspecified atom stereocenters. The molecule has 6 rings (SSSR count). The molecule has 4 heterocycles. The van der Waals surface area contributed by atoms with Gasteiger partial charge in [0.1, 0.15) is 5.60 Å². The summed E-state index contributed by atoms with van der Waals surface area (Å²) in [5, 5.41) is 13.7. The van der Waals surface area contributed by atoms with Crippen LogP contribution < -0.4 is 16.0 Å². The number of alkyl halides is 3. The number of benzene rings is 2. The smallest absolute Gasteiger partial charge is 0.416 e. The molecule has 0 aliphatic carbocycles. The van der Waals surface area contributed by atoms with Crippen LogP contribution in [0, 0.1) is 0 Å². The number of amides is 3. The van der Waals surface area contributed by atoms with E-state index in [-0.39, 0.29) is 29.2 Å². The minimum Gasteiger partial charge on any atom is -0.444 e. The zero-order valence-corrected chi connectivity index (χ0v) is 30.9. The van der Waals surface area contributed by atoms with Gasteiger partial charge in [0.05, 0.1) is 16.8 Å². The number of hydrogen-bond donors (Lipinski definition) is 3. The number of urea groups is 1. The van der Waals surface area contributed by atoms with Crippen LogP contribution in [-0.4, -0.2) is 105 Å². The number of fused-ring (bicyclic) bond motifs is 1. The molecular weight excluding hydrogens is 689 g/mol. The van der Waals surface area contributed by atoms with Crippen molar-refractivity contribution in [1.29, 1.82) is 0 Å². The Hall–Kier alpha value is -4.96. The quantitative estimate of drug-likeness (QED) is 0.187. The predicted octanol–water partition coefficient (Wildman–Crippen LogP) is 6.81. The van der Waals surface area contributed by atoms with Crippen LogP contribution in [0.3, 0.4) is 0 Å². The summed E-state index contributed by atoms with van der Waals surface area (Å²) >= 11 is 0. The number of hydrogen-bond acceptors (Lipinski definition) is 9. The first-order chi connectivity index (χ1) is 25.0. The van der Waals surface area contributed by atoms with Gasteiger partial charge in [0, 0.05) is 87.3 Å². The second-order valence-electron chi connectivity index (χ2n) is 14.8. The van der Waals surface area contributed by atoms with Crippen molar-refractivity contribution < 1.29 is 27.5 Å². The van der Waals surface area contributed by atoms with E-state index in [1.54, 1.807) is 35.8 Å². The van der Waals surface area contributed by atoms with Gasteiger partial charge < -0.3 is 25.2 Å². The molecule has 284 valence electrons. The molecule has 0 spiro atoms. The number of aryl methyl sites for hydroxylation is 1. The van der Waals surface area contributed by atoms with Crippen LogP contribution in [0.5, 0.6) is 0 Å². The molecule has 4 aromatic rings. The third kappa shape index (κ3) is 9.35. The monoisotopic (exact) mass is 736 g/mol. The number of carbonyl (C=O) groups excluding carboxylic acids is 2. The Morgan fingerprint density at radius 3 is 2.32 bits per heavy atom. The number of rotatable bonds is 7. The molecule has 0 saturated carbocycles. The van der Waals surface area contributed by atoms with Crippen molar-refractivity contribution in [2.45, 2.75) is 64.4 Å². The van der Waals surface area contributed by atoms with E-state index in [2.05, 4.69) is 35.9 Å². The third-order valence-corrected chi connectivity index (χ3v) is 9.63. The van der Waals surface area contributed by atoms with Gasteiger partial charge in [0.15, 0.2) is 5.82 Å². The van der Waals surface area contributed by atoms with Crippen LogP contribution in [-0.2, 0) is 18.0 Å². The van der Waals surface area contributed by atoms with Crippen molar-refractivity contribution in [2.75, 3.05) is 62.3 Å². The average Bonchev–Trinajstić information content (AvgIpc) is 3.46. The molecule has 2 aromatic heterocycles. The number of nitrogens with zero attached hydrogens (tertiary/aromatic N) is 7. The number of carbonyl (C=O) groups is 2. The second-order valence-corrected chi connectivity index (χ2v) is 14.8. The standard InChI is InChI=1S/C37H47F3N10O3/c1-23(49-17-15-47(5)16-18-49)28-9-8-27(20-29(28)37(38,39)40)43-34(51)45-32-21-31(48(6)46-32)24-7-10-30-25(19-24)22-41-33(44-30)42-26-11-13-50(14-12-26)35(52)53-36(2,3)4/h7-10,19-23,26H,11-18H2,1-6H3,(H,41,42,44)(H2,43,45,46,51). The SMILES string of the molecule is CC(c1ccc(NC(=O)Nc2cc(-c3ccc4nc(NC5CCN(C(=O)OC(C)(C)C)CC5)ncc4c3)n(C)n2)cc1C(F)(F)F)N1CCN(C)CC1. The fourth-order valence-corrected chi connectivity index (χ4v) is 6.70. The van der Waals surface area contributed by atoms with Crippen molar-refractivity contribution in [3.63, 3.8) is 0 Å². The highest BCUT2D eigenvalue weighted by Crippen LogP contribution is 2.38. The molecule has 2 aromatic carbocycles. The normalized spacial score (nSPS) is 17.1. The van der Waals surface area contributed by atoms with E-state index in [4.69, 9.17) is 4.74 Å². The number of likely N-dealkylation sites (N-methyl/N-ethyl adjacent to an activating group) is 1. The van der Waals surface area contributed by atoms with Gasteiger partial charge in [-0.25, -0.2) is 19.6 Å². The summed E-state index contributed by atoms with van der Waals surface area (Å²) in [5.74, 6) is 0.727. The Morgan fingerprint density at radius 2 is 1.64 bits per heavy atom. The zero-order valence-electron chi connectivity index (χ0n) is 30.9. The van der Waals surface area contributed by atoms with Gasteiger partial charge >= 0.3 is 18.3 Å². The Morgan fingerprint density at radius 1 is 0.925 bits per heavy atom. The van der Waals surface area contributed by atoms with Gasteiger partial charge in [-0.1, -0.05) is 12.1 Å². The van der Waals surface area contributed by atoms with E-state index in [9.17, 15) is 22.8 Å². The maximum atomic E-state index is 14.2. The fraction of sp³-hybridized carbons (Fsp3) is 0.486. The van der Waals surface area contributed by atoms with Crippen LogP contribution in [0.25, 0.3) is 22.2 Å². The fourth-order valence-electron chi connectivity index (χ4n) is 6.70. The minimum atomic E-state index is -4.59. The molecule has 1 atom stereocenters. The average molecular weight is 737 g/mol. The topological polar surface area (TPSA) is 133 Å². The number of likely N-dealkylation sites (tertiary alicyclic amines) is 1. The highest BCUT2D eigenvalue weighted by Gasteiger charge is 2.36. The first-order valence-electron chi connectivity index (χ1n) is 17.8. The first-order valence-corrected chi connectivity index (χ1v) is 17.8. The molecule has 3 N–H and O–H groups in total. The van der Waals surface area contributed by atoms with E-state index >= 15 is 0 Å². The number of aromatic nitrogens is 4. The number of ether oxygens (including phenoxy) is 1. The molecule has 2 aliphatic rings. The lowest BCUT2D eigenvalue weighted by Crippen LogP contribution is -2.45. The summed E-state index contributed by atoms with van der Waals surface area (Å²) in [4.78, 5) is 40.5. The summed E-state index contributed by atoms with van der Waals surface area (Å²) < 4.78 is 49.7. The number of anilines is 3. The van der Waals surface area contributed by atoms with Crippen LogP contribution in [0.1, 0.15) is 57.7 Å². The summed E-state index contributed by atoms with van der Waals surface area (Å²) in [7, 11) is 3.73. The summed E-state index contributed by atoms with van der Waals surface area (Å²) in [6.45, 7) is 11.4. The van der Waals surface area contributed by atoms with E-state index in [0.29, 0.717) is 37.8 Å². The highest BCUT2D eigenvalue weighted by atomic mass is 19.4. The Balaban J connectivity index is 1.07. The van der Waals surface area contributed by atoms with Gasteiger partial charge in [0.25, 0.3) is 0 Å². The van der Waals surface area contributed by atoms with Gasteiger partial charge in [-0.05, 0) is 77.4 Å². The van der Waals surface area contributed by atoms with Crippen LogP contribution >= 0.6 is 0 Å². The largest absolute Gasteiger partial charge is 0.444 e. The van der Waals surface area contributed by atoms with Crippen molar-refractivity contribution in [3.05, 3.63) is 59.8 Å². The number of halogens is 3. The zero-order chi connectivity index (χ0) is 38.1. The molecule has 53 heavy (non-hydrogen) atoms. The summed E-state index contributed by atoms with van der Waals surface area (Å²) in [6.07, 6.45) is -1.67. The first kappa shape index (κ1) is 37.8. The molecule has 2 saturated heterocycles. The summed E-state index contributed by atoms with van der Waals surface area (Å²) in [5.41, 5.74) is 1.13. The molecule has 16 heteroatoms. The van der Waals surface area contributed by atoms with Gasteiger partial charge in [-0.3, -0.25) is 14.9 Å². The van der Waals surface area contributed by atoms with Crippen molar-refractivity contribution >= 4 is 40.5 Å². The third-order valence-electron chi connectivity index (χ3n) is 9.63. The van der Waals surface area contributed by atoms with Gasteiger partial charge in [-0.2, -0.15) is 18.3 Å². The number of nitrogens with one attached hydrogen (secondary N) is 3. The number of piperidine rings is 1. The van der Waals surface area contributed by atoms with E-state index in [1.165, 1.54) is 12.1 Å². The lowest BCUT2D eigenvalue weighted by atomic mass is 9.98. The lowest BCUT2D eigenvalue weighted by molar-refractivity contribution is -0.138. The minimum absolute atomic E-state index is 0.0231. The maximum absolute atomic E-state index is 14.2. The predicted molar refractivity (Wildman–Crippen MR) is 198 cm³/mol. The lowest BCUT2D eigenvalue weighted by Gasteiger charge is -2.37. The Labute approximate surface area is 306 Å². The molecule has 3 amide bonds. The van der Waals surface area contributed by atoms with Crippen LogP contribution in [0.15, 0.2) is 48.7 Å². The Bertz CT molecular complexity index is 1940. The molecule has 13 nitrogen and oxygen atoms in total. The molecule has 0 radical (unpaired) electrons. The van der Waals surface area contributed by atoms with E-state index < -0.39 is 29.4 Å². The van der Waals surface area contributed by atoms with E-state index in [0.717, 1.165) is 48.5 Å². The van der Waals surface area contributed by atoms with Crippen molar-refractivity contribution in [3.8, 4) is 11.3 Å². The van der Waals surface area contributed by atoms with Crippen LogP contribution in [0.4, 0.5) is 40.2 Å². The van der Waals surface area contributed by atoms with Gasteiger partial charge in [0.2, 0.25) is 5.95 Å².